The van der Waals surface area contributed by atoms with Crippen molar-refractivity contribution in [1.82, 2.24) is 9.80 Å². The molecule has 0 radical (unpaired) electrons. The Balaban J connectivity index is 1.27. The minimum atomic E-state index is 1.08. The summed E-state index contributed by atoms with van der Waals surface area (Å²) >= 11 is 0. The van der Waals surface area contributed by atoms with Crippen molar-refractivity contribution >= 4 is 10.8 Å². The molecule has 1 fully saturated rings. The Morgan fingerprint density at radius 3 is 2.08 bits per heavy atom. The molecule has 0 atom stereocenters. The van der Waals surface area contributed by atoms with Crippen LogP contribution in [0.1, 0.15) is 11.1 Å². The lowest BCUT2D eigenvalue weighted by Gasteiger charge is -2.34. The smallest absolute Gasteiger partial charge is 0.0234 e. The second kappa shape index (κ2) is 7.81. The molecule has 0 aromatic heterocycles. The van der Waals surface area contributed by atoms with E-state index in [1.165, 1.54) is 48.1 Å². The molecule has 0 N–H and O–H groups in total. The van der Waals surface area contributed by atoms with Crippen molar-refractivity contribution in [3.05, 3.63) is 83.9 Å². The highest BCUT2D eigenvalue weighted by Gasteiger charge is 2.16. The fourth-order valence-corrected chi connectivity index (χ4v) is 3.69. The fourth-order valence-electron chi connectivity index (χ4n) is 3.69. The van der Waals surface area contributed by atoms with Crippen LogP contribution in [0.5, 0.6) is 0 Å². The highest BCUT2D eigenvalue weighted by atomic mass is 15.3. The molecule has 0 aliphatic carbocycles. The summed E-state index contributed by atoms with van der Waals surface area (Å²) in [5.74, 6) is 0. The molecule has 3 aromatic rings. The number of hydrogen-bond acceptors (Lipinski definition) is 2. The van der Waals surface area contributed by atoms with Gasteiger partial charge in [0, 0.05) is 39.3 Å². The first kappa shape index (κ1) is 16.3. The zero-order chi connectivity index (χ0) is 16.9. The van der Waals surface area contributed by atoms with Gasteiger partial charge in [0.2, 0.25) is 0 Å². The summed E-state index contributed by atoms with van der Waals surface area (Å²) in [7, 11) is 0. The third-order valence-corrected chi connectivity index (χ3v) is 5.24. The topological polar surface area (TPSA) is 6.48 Å². The molecule has 1 aliphatic rings. The molecule has 0 amide bonds. The van der Waals surface area contributed by atoms with Crippen LogP contribution < -0.4 is 0 Å². The Hall–Kier alpha value is -2.16. The van der Waals surface area contributed by atoms with E-state index in [1.54, 1.807) is 0 Å². The Labute approximate surface area is 150 Å². The van der Waals surface area contributed by atoms with Crippen molar-refractivity contribution in [1.29, 1.82) is 0 Å². The average molecular weight is 330 g/mol. The third kappa shape index (κ3) is 4.28. The summed E-state index contributed by atoms with van der Waals surface area (Å²) in [6.45, 7) is 6.96. The Morgan fingerprint density at radius 2 is 1.28 bits per heavy atom. The first-order valence-electron chi connectivity index (χ1n) is 9.33. The first-order valence-corrected chi connectivity index (χ1v) is 9.33. The molecule has 2 nitrogen and oxygen atoms in total. The van der Waals surface area contributed by atoms with Gasteiger partial charge in [0.05, 0.1) is 0 Å². The van der Waals surface area contributed by atoms with E-state index in [4.69, 9.17) is 0 Å². The molecular weight excluding hydrogens is 304 g/mol. The quantitative estimate of drug-likeness (QED) is 0.692. The monoisotopic (exact) mass is 330 g/mol. The number of hydrogen-bond donors (Lipinski definition) is 0. The van der Waals surface area contributed by atoms with Crippen LogP contribution in [0.2, 0.25) is 0 Å². The third-order valence-electron chi connectivity index (χ3n) is 5.24. The minimum Gasteiger partial charge on any atom is -0.300 e. The van der Waals surface area contributed by atoms with Crippen molar-refractivity contribution in [2.45, 2.75) is 13.0 Å². The maximum Gasteiger partial charge on any atom is 0.0234 e. The van der Waals surface area contributed by atoms with E-state index in [9.17, 15) is 0 Å². The van der Waals surface area contributed by atoms with Crippen LogP contribution in [0.15, 0.2) is 72.8 Å². The van der Waals surface area contributed by atoms with Gasteiger partial charge in [-0.2, -0.15) is 0 Å². The highest BCUT2D eigenvalue weighted by Crippen LogP contribution is 2.16. The summed E-state index contributed by atoms with van der Waals surface area (Å²) in [4.78, 5) is 5.18. The maximum atomic E-state index is 2.61. The van der Waals surface area contributed by atoms with Crippen LogP contribution in [0, 0.1) is 0 Å². The molecule has 0 spiro atoms. The molecular formula is C23H26N2. The molecule has 1 saturated heterocycles. The first-order chi connectivity index (χ1) is 12.4. The molecule has 2 heteroatoms. The van der Waals surface area contributed by atoms with Gasteiger partial charge in [-0.3, -0.25) is 4.90 Å². The summed E-state index contributed by atoms with van der Waals surface area (Å²) in [5, 5.41) is 2.69. The van der Waals surface area contributed by atoms with Gasteiger partial charge in [-0.05, 0) is 28.3 Å². The molecule has 0 unspecified atom stereocenters. The lowest BCUT2D eigenvalue weighted by atomic mass is 10.0. The van der Waals surface area contributed by atoms with Gasteiger partial charge in [0.15, 0.2) is 0 Å². The number of fused-ring (bicyclic) bond motifs is 1. The van der Waals surface area contributed by atoms with E-state index in [0.717, 1.165) is 19.5 Å². The molecule has 0 saturated carbocycles. The lowest BCUT2D eigenvalue weighted by molar-refractivity contribution is 0.128. The zero-order valence-electron chi connectivity index (χ0n) is 14.8. The predicted molar refractivity (Wildman–Crippen MR) is 106 cm³/mol. The molecule has 1 heterocycles. The molecule has 0 bridgehead atoms. The average Bonchev–Trinajstić information content (AvgIpc) is 2.68. The van der Waals surface area contributed by atoms with Gasteiger partial charge >= 0.3 is 0 Å². The van der Waals surface area contributed by atoms with Gasteiger partial charge in [-0.25, -0.2) is 0 Å². The van der Waals surface area contributed by atoms with E-state index in [-0.39, 0.29) is 0 Å². The standard InChI is InChI=1S/C23H26N2/c1-2-6-21(7-3-1)19-25-16-14-24(15-17-25)13-12-20-10-11-22-8-4-5-9-23(22)18-20/h1-11,18H,12-17,19H2. The Morgan fingerprint density at radius 1 is 0.600 bits per heavy atom. The van der Waals surface area contributed by atoms with Gasteiger partial charge in [-0.15, -0.1) is 0 Å². The second-order valence-corrected chi connectivity index (χ2v) is 7.03. The molecule has 128 valence electrons. The van der Waals surface area contributed by atoms with E-state index < -0.39 is 0 Å². The van der Waals surface area contributed by atoms with Crippen molar-refractivity contribution in [2.75, 3.05) is 32.7 Å². The maximum absolute atomic E-state index is 2.61. The van der Waals surface area contributed by atoms with E-state index in [1.807, 2.05) is 0 Å². The summed E-state index contributed by atoms with van der Waals surface area (Å²) in [6, 6.07) is 26.3. The van der Waals surface area contributed by atoms with Gasteiger partial charge in [0.1, 0.15) is 0 Å². The fraction of sp³-hybridized carbons (Fsp3) is 0.304. The van der Waals surface area contributed by atoms with Crippen LogP contribution in [-0.2, 0) is 13.0 Å². The Kier molecular flexibility index (Phi) is 5.10. The SMILES string of the molecule is c1ccc(CN2CCN(CCc3ccc4ccccc4c3)CC2)cc1. The van der Waals surface area contributed by atoms with E-state index >= 15 is 0 Å². The van der Waals surface area contributed by atoms with Crippen LogP contribution in [0.25, 0.3) is 10.8 Å². The lowest BCUT2D eigenvalue weighted by Crippen LogP contribution is -2.46. The normalized spacial score (nSPS) is 16.3. The molecule has 4 rings (SSSR count). The summed E-state index contributed by atoms with van der Waals surface area (Å²) < 4.78 is 0. The number of nitrogens with zero attached hydrogens (tertiary/aromatic N) is 2. The Bertz CT molecular complexity index is 804. The number of benzene rings is 3. The molecule has 3 aromatic carbocycles. The van der Waals surface area contributed by atoms with Crippen molar-refractivity contribution < 1.29 is 0 Å². The van der Waals surface area contributed by atoms with Crippen LogP contribution in [0.3, 0.4) is 0 Å². The molecule has 25 heavy (non-hydrogen) atoms. The van der Waals surface area contributed by atoms with Crippen LogP contribution >= 0.6 is 0 Å². The predicted octanol–water partition coefficient (Wildman–Crippen LogP) is 4.20. The summed E-state index contributed by atoms with van der Waals surface area (Å²) in [5.41, 5.74) is 2.87. The van der Waals surface area contributed by atoms with Crippen LogP contribution in [0.4, 0.5) is 0 Å². The van der Waals surface area contributed by atoms with Gasteiger partial charge in [0.25, 0.3) is 0 Å². The summed E-state index contributed by atoms with van der Waals surface area (Å²) in [6.07, 6.45) is 1.14. The van der Waals surface area contributed by atoms with E-state index in [2.05, 4.69) is 82.6 Å². The number of rotatable bonds is 5. The molecule has 1 aliphatic heterocycles. The van der Waals surface area contributed by atoms with Crippen molar-refractivity contribution in [3.63, 3.8) is 0 Å². The largest absolute Gasteiger partial charge is 0.300 e. The second-order valence-electron chi connectivity index (χ2n) is 7.03. The van der Waals surface area contributed by atoms with Crippen molar-refractivity contribution in [3.8, 4) is 0 Å². The minimum absolute atomic E-state index is 1.08. The zero-order valence-corrected chi connectivity index (χ0v) is 14.8. The van der Waals surface area contributed by atoms with Gasteiger partial charge < -0.3 is 4.90 Å². The van der Waals surface area contributed by atoms with Gasteiger partial charge in [-0.1, -0.05) is 72.8 Å². The highest BCUT2D eigenvalue weighted by molar-refractivity contribution is 5.82. The number of piperazine rings is 1. The van der Waals surface area contributed by atoms with E-state index in [0.29, 0.717) is 0 Å². The van der Waals surface area contributed by atoms with Crippen LogP contribution in [-0.4, -0.2) is 42.5 Å². The van der Waals surface area contributed by atoms with Crippen molar-refractivity contribution in [2.24, 2.45) is 0 Å².